The number of carbonyl (C=O) groups excluding carboxylic acids is 2. The van der Waals surface area contributed by atoms with E-state index >= 15 is 0 Å². The maximum Gasteiger partial charge on any atom is 0.257 e. The molecule has 0 atom stereocenters. The zero-order valence-corrected chi connectivity index (χ0v) is 8.94. The van der Waals surface area contributed by atoms with Crippen molar-refractivity contribution in [3.05, 3.63) is 36.1 Å². The standard InChI is InChI=1S/C12H13NO3/c1-2-16-8-7-13-11(14)9-5-3-4-6-10(9)12(13)15/h2-4H,1,5-8H2. The zero-order chi connectivity index (χ0) is 11.5. The lowest BCUT2D eigenvalue weighted by Crippen LogP contribution is -2.34. The lowest BCUT2D eigenvalue weighted by atomic mass is 9.99. The van der Waals surface area contributed by atoms with Gasteiger partial charge in [0.25, 0.3) is 11.8 Å². The first kappa shape index (κ1) is 10.7. The fourth-order valence-electron chi connectivity index (χ4n) is 1.93. The van der Waals surface area contributed by atoms with Crippen LogP contribution in [-0.4, -0.2) is 29.9 Å². The molecule has 0 aromatic rings. The van der Waals surface area contributed by atoms with Gasteiger partial charge in [-0.1, -0.05) is 18.7 Å². The van der Waals surface area contributed by atoms with Crippen LogP contribution in [0, 0.1) is 0 Å². The van der Waals surface area contributed by atoms with Crippen LogP contribution in [0.3, 0.4) is 0 Å². The molecule has 84 valence electrons. The Hall–Kier alpha value is -1.84. The fourth-order valence-corrected chi connectivity index (χ4v) is 1.93. The predicted octanol–water partition coefficient (Wildman–Crippen LogP) is 1.16. The smallest absolute Gasteiger partial charge is 0.257 e. The summed E-state index contributed by atoms with van der Waals surface area (Å²) in [7, 11) is 0. The van der Waals surface area contributed by atoms with E-state index in [1.54, 1.807) is 0 Å². The van der Waals surface area contributed by atoms with Crippen molar-refractivity contribution in [2.24, 2.45) is 0 Å². The van der Waals surface area contributed by atoms with E-state index in [1.165, 1.54) is 11.2 Å². The van der Waals surface area contributed by atoms with E-state index in [0.29, 0.717) is 30.6 Å². The van der Waals surface area contributed by atoms with Crippen LogP contribution in [-0.2, 0) is 14.3 Å². The van der Waals surface area contributed by atoms with E-state index in [1.807, 2.05) is 12.2 Å². The fraction of sp³-hybridized carbons (Fsp3) is 0.333. The molecular formula is C12H13NO3. The van der Waals surface area contributed by atoms with Crippen molar-refractivity contribution in [1.29, 1.82) is 0 Å². The number of ether oxygens (including phenoxy) is 1. The number of rotatable bonds is 4. The van der Waals surface area contributed by atoms with Crippen LogP contribution in [0.15, 0.2) is 36.1 Å². The van der Waals surface area contributed by atoms with Gasteiger partial charge >= 0.3 is 0 Å². The second-order valence-electron chi connectivity index (χ2n) is 3.64. The van der Waals surface area contributed by atoms with Crippen molar-refractivity contribution in [3.8, 4) is 0 Å². The van der Waals surface area contributed by atoms with Crippen molar-refractivity contribution in [2.45, 2.75) is 12.8 Å². The molecule has 16 heavy (non-hydrogen) atoms. The highest BCUT2D eigenvalue weighted by molar-refractivity contribution is 6.19. The molecule has 0 aromatic heterocycles. The van der Waals surface area contributed by atoms with Crippen molar-refractivity contribution in [2.75, 3.05) is 13.2 Å². The van der Waals surface area contributed by atoms with Crippen LogP contribution in [0.1, 0.15) is 12.8 Å². The van der Waals surface area contributed by atoms with Gasteiger partial charge in [-0.25, -0.2) is 0 Å². The van der Waals surface area contributed by atoms with Crippen molar-refractivity contribution >= 4 is 11.8 Å². The Balaban J connectivity index is 2.07. The molecule has 2 aliphatic rings. The minimum Gasteiger partial charge on any atom is -0.500 e. The summed E-state index contributed by atoms with van der Waals surface area (Å²) in [5, 5.41) is 0. The normalized spacial score (nSPS) is 19.1. The molecule has 0 spiro atoms. The molecule has 0 saturated carbocycles. The first-order valence-corrected chi connectivity index (χ1v) is 5.21. The Kier molecular flexibility index (Phi) is 2.90. The summed E-state index contributed by atoms with van der Waals surface area (Å²) in [6, 6.07) is 0. The van der Waals surface area contributed by atoms with Gasteiger partial charge in [0.05, 0.1) is 12.8 Å². The van der Waals surface area contributed by atoms with E-state index in [0.717, 1.165) is 0 Å². The molecule has 0 N–H and O–H groups in total. The van der Waals surface area contributed by atoms with E-state index in [9.17, 15) is 9.59 Å². The number of allylic oxidation sites excluding steroid dienone is 2. The van der Waals surface area contributed by atoms with Crippen molar-refractivity contribution in [1.82, 2.24) is 4.90 Å². The van der Waals surface area contributed by atoms with Crippen LogP contribution in [0.25, 0.3) is 0 Å². The zero-order valence-electron chi connectivity index (χ0n) is 8.94. The molecule has 0 unspecified atom stereocenters. The van der Waals surface area contributed by atoms with E-state index in [-0.39, 0.29) is 18.4 Å². The summed E-state index contributed by atoms with van der Waals surface area (Å²) in [4.78, 5) is 25.0. The average molecular weight is 219 g/mol. The third-order valence-electron chi connectivity index (χ3n) is 2.73. The summed E-state index contributed by atoms with van der Waals surface area (Å²) in [6.45, 7) is 3.99. The van der Waals surface area contributed by atoms with E-state index in [2.05, 4.69) is 6.58 Å². The van der Waals surface area contributed by atoms with E-state index < -0.39 is 0 Å². The predicted molar refractivity (Wildman–Crippen MR) is 58.3 cm³/mol. The van der Waals surface area contributed by atoms with Gasteiger partial charge in [-0.2, -0.15) is 0 Å². The maximum absolute atomic E-state index is 11.9. The first-order valence-electron chi connectivity index (χ1n) is 5.21. The van der Waals surface area contributed by atoms with Gasteiger partial charge in [-0.15, -0.1) is 0 Å². The van der Waals surface area contributed by atoms with Crippen LogP contribution in [0.4, 0.5) is 0 Å². The molecule has 4 nitrogen and oxygen atoms in total. The molecule has 0 radical (unpaired) electrons. The van der Waals surface area contributed by atoms with Crippen LogP contribution in [0.5, 0.6) is 0 Å². The lowest BCUT2D eigenvalue weighted by molar-refractivity contribution is -0.138. The van der Waals surface area contributed by atoms with Gasteiger partial charge < -0.3 is 4.74 Å². The number of hydrogen-bond donors (Lipinski definition) is 0. The minimum atomic E-state index is -0.169. The minimum absolute atomic E-state index is 0.169. The topological polar surface area (TPSA) is 46.6 Å². The summed E-state index contributed by atoms with van der Waals surface area (Å²) in [5.74, 6) is -0.339. The number of amides is 2. The molecular weight excluding hydrogens is 206 g/mol. The van der Waals surface area contributed by atoms with Crippen molar-refractivity contribution in [3.63, 3.8) is 0 Å². The molecule has 0 saturated heterocycles. The van der Waals surface area contributed by atoms with Crippen LogP contribution in [0.2, 0.25) is 0 Å². The summed E-state index contributed by atoms with van der Waals surface area (Å²) >= 11 is 0. The highest BCUT2D eigenvalue weighted by Crippen LogP contribution is 2.29. The summed E-state index contributed by atoms with van der Waals surface area (Å²) < 4.78 is 4.93. The Morgan fingerprint density at radius 2 is 1.81 bits per heavy atom. The highest BCUT2D eigenvalue weighted by atomic mass is 16.5. The molecule has 4 heteroatoms. The first-order chi connectivity index (χ1) is 7.75. The monoisotopic (exact) mass is 219 g/mol. The van der Waals surface area contributed by atoms with Gasteiger partial charge in [-0.3, -0.25) is 14.5 Å². The number of carbonyl (C=O) groups is 2. The Morgan fingerprint density at radius 3 is 2.31 bits per heavy atom. The Morgan fingerprint density at radius 1 is 1.25 bits per heavy atom. The van der Waals surface area contributed by atoms with Gasteiger partial charge in [0.15, 0.2) is 0 Å². The Labute approximate surface area is 93.9 Å². The Bertz CT molecular complexity index is 376. The molecule has 1 heterocycles. The number of hydrogen-bond acceptors (Lipinski definition) is 3. The molecule has 0 aromatic carbocycles. The molecule has 1 aliphatic carbocycles. The second-order valence-corrected chi connectivity index (χ2v) is 3.64. The van der Waals surface area contributed by atoms with Gasteiger partial charge in [0, 0.05) is 11.1 Å². The third kappa shape index (κ3) is 1.66. The van der Waals surface area contributed by atoms with Gasteiger partial charge in [0.2, 0.25) is 0 Å². The largest absolute Gasteiger partial charge is 0.500 e. The SMILES string of the molecule is C=COCCN1C(=O)C2=C(CC=CC2)C1=O. The van der Waals surface area contributed by atoms with Gasteiger partial charge in [-0.05, 0) is 12.8 Å². The van der Waals surface area contributed by atoms with Gasteiger partial charge in [0.1, 0.15) is 6.61 Å². The quantitative estimate of drug-likeness (QED) is 0.308. The van der Waals surface area contributed by atoms with Crippen LogP contribution < -0.4 is 0 Å². The second kappa shape index (κ2) is 4.35. The highest BCUT2D eigenvalue weighted by Gasteiger charge is 2.37. The van der Waals surface area contributed by atoms with Crippen LogP contribution >= 0.6 is 0 Å². The molecule has 0 fully saturated rings. The molecule has 1 aliphatic heterocycles. The average Bonchev–Trinajstić information content (AvgIpc) is 2.55. The lowest BCUT2D eigenvalue weighted by Gasteiger charge is -2.14. The summed E-state index contributed by atoms with van der Waals surface area (Å²) in [5.41, 5.74) is 1.29. The van der Waals surface area contributed by atoms with Crippen molar-refractivity contribution < 1.29 is 14.3 Å². The molecule has 0 bridgehead atoms. The third-order valence-corrected chi connectivity index (χ3v) is 2.73. The maximum atomic E-state index is 11.9. The molecule has 2 rings (SSSR count). The molecule has 2 amide bonds. The number of imide groups is 1. The summed E-state index contributed by atoms with van der Waals surface area (Å²) in [6.07, 6.45) is 6.29. The number of nitrogens with zero attached hydrogens (tertiary/aromatic N) is 1. The van der Waals surface area contributed by atoms with E-state index in [4.69, 9.17) is 4.74 Å².